The molecule has 0 bridgehead atoms. The van der Waals surface area contributed by atoms with Crippen molar-refractivity contribution in [3.8, 4) is 5.69 Å². The Morgan fingerprint density at radius 1 is 1.00 bits per heavy atom. The number of ether oxygens (including phenoxy) is 1. The van der Waals surface area contributed by atoms with E-state index in [2.05, 4.69) is 5.32 Å². The molecule has 0 saturated carbocycles. The van der Waals surface area contributed by atoms with Gasteiger partial charge in [-0.25, -0.2) is 9.18 Å². The fourth-order valence-electron chi connectivity index (χ4n) is 3.77. The Kier molecular flexibility index (Phi) is 6.58. The molecule has 7 heteroatoms. The van der Waals surface area contributed by atoms with Gasteiger partial charge in [0.2, 0.25) is 5.91 Å². The highest BCUT2D eigenvalue weighted by Crippen LogP contribution is 2.25. The maximum absolute atomic E-state index is 13.4. The van der Waals surface area contributed by atoms with Crippen LogP contribution in [0.5, 0.6) is 0 Å². The van der Waals surface area contributed by atoms with Gasteiger partial charge in [-0.1, -0.05) is 30.3 Å². The summed E-state index contributed by atoms with van der Waals surface area (Å²) < 4.78 is 22.3. The van der Waals surface area contributed by atoms with Crippen LogP contribution in [-0.2, 0) is 22.5 Å². The van der Waals surface area contributed by atoms with Crippen LogP contribution in [0, 0.1) is 5.82 Å². The summed E-state index contributed by atoms with van der Waals surface area (Å²) in [5.74, 6) is -1.02. The molecule has 0 spiro atoms. The van der Waals surface area contributed by atoms with E-state index in [4.69, 9.17) is 4.74 Å². The number of fused-ring (bicyclic) bond motifs is 1. The van der Waals surface area contributed by atoms with Crippen molar-refractivity contribution in [1.82, 2.24) is 14.5 Å². The summed E-state index contributed by atoms with van der Waals surface area (Å²) in [6.45, 7) is 4.03. The van der Waals surface area contributed by atoms with Crippen LogP contribution in [0.15, 0.2) is 72.9 Å². The van der Waals surface area contributed by atoms with Crippen molar-refractivity contribution in [1.29, 1.82) is 0 Å². The molecule has 0 radical (unpaired) electrons. The van der Waals surface area contributed by atoms with Gasteiger partial charge < -0.3 is 19.2 Å². The second kappa shape index (κ2) is 9.73. The van der Waals surface area contributed by atoms with E-state index in [0.717, 1.165) is 23.2 Å². The van der Waals surface area contributed by atoms with Crippen LogP contribution in [0.2, 0.25) is 0 Å². The first-order chi connectivity index (χ1) is 15.9. The van der Waals surface area contributed by atoms with Gasteiger partial charge >= 0.3 is 5.97 Å². The maximum Gasteiger partial charge on any atom is 0.355 e. The zero-order valence-corrected chi connectivity index (χ0v) is 18.6. The van der Waals surface area contributed by atoms with Crippen molar-refractivity contribution in [3.05, 3.63) is 90.0 Å². The molecule has 4 aromatic rings. The monoisotopic (exact) mass is 447 g/mol. The van der Waals surface area contributed by atoms with Crippen LogP contribution >= 0.6 is 0 Å². The van der Waals surface area contributed by atoms with Crippen LogP contribution in [0.25, 0.3) is 16.7 Å². The average Bonchev–Trinajstić information content (AvgIpc) is 3.35. The molecule has 4 rings (SSSR count). The van der Waals surface area contributed by atoms with Gasteiger partial charge in [-0.15, -0.1) is 0 Å². The normalized spacial score (nSPS) is 11.2. The Balaban J connectivity index is 1.59. The van der Waals surface area contributed by atoms with E-state index < -0.39 is 5.97 Å². The highest BCUT2D eigenvalue weighted by Gasteiger charge is 2.22. The Bertz CT molecular complexity index is 1260. The maximum atomic E-state index is 13.4. The summed E-state index contributed by atoms with van der Waals surface area (Å²) in [6.07, 6.45) is 2.26. The molecule has 0 unspecified atom stereocenters. The number of nitrogens with one attached hydrogen (secondary N) is 1. The Labute approximate surface area is 191 Å². The van der Waals surface area contributed by atoms with E-state index in [-0.39, 0.29) is 24.4 Å². The summed E-state index contributed by atoms with van der Waals surface area (Å²) in [5.41, 5.74) is 3.63. The van der Waals surface area contributed by atoms with Crippen molar-refractivity contribution in [2.45, 2.75) is 32.9 Å². The molecule has 33 heavy (non-hydrogen) atoms. The van der Waals surface area contributed by atoms with Gasteiger partial charge in [0.1, 0.15) is 18.1 Å². The quantitative estimate of drug-likeness (QED) is 0.405. The standard InChI is InChI=1S/C26H26FN3O3/c1-18(2)33-26(32)24-16-23-22(13-15-29(23)21-10-8-20(27)9-11-21)30(24)17-25(31)28-14-12-19-6-4-3-5-7-19/h3-11,13,15-16,18H,12,14,17H2,1-2H3,(H,28,31). The first kappa shape index (κ1) is 22.3. The van der Waals surface area contributed by atoms with Crippen LogP contribution in [0.1, 0.15) is 29.9 Å². The van der Waals surface area contributed by atoms with Crippen molar-refractivity contribution in [2.24, 2.45) is 0 Å². The van der Waals surface area contributed by atoms with Crippen LogP contribution in [0.4, 0.5) is 4.39 Å². The number of halogens is 1. The molecule has 0 atom stereocenters. The number of carbonyl (C=O) groups is 2. The van der Waals surface area contributed by atoms with Gasteiger partial charge in [0.05, 0.1) is 17.1 Å². The molecule has 2 aromatic carbocycles. The van der Waals surface area contributed by atoms with Crippen LogP contribution < -0.4 is 5.32 Å². The molecule has 0 saturated heterocycles. The van der Waals surface area contributed by atoms with Crippen LogP contribution in [-0.4, -0.2) is 33.7 Å². The first-order valence-corrected chi connectivity index (χ1v) is 10.9. The lowest BCUT2D eigenvalue weighted by Gasteiger charge is -2.12. The predicted molar refractivity (Wildman–Crippen MR) is 125 cm³/mol. The zero-order valence-electron chi connectivity index (χ0n) is 18.6. The number of benzene rings is 2. The lowest BCUT2D eigenvalue weighted by molar-refractivity contribution is -0.121. The van der Waals surface area contributed by atoms with Gasteiger partial charge in [0.25, 0.3) is 0 Å². The topological polar surface area (TPSA) is 65.3 Å². The smallest absolute Gasteiger partial charge is 0.355 e. The minimum absolute atomic E-state index is 0.0196. The third kappa shape index (κ3) is 5.14. The first-order valence-electron chi connectivity index (χ1n) is 10.9. The number of rotatable bonds is 8. The highest BCUT2D eigenvalue weighted by atomic mass is 19.1. The Morgan fingerprint density at radius 2 is 1.73 bits per heavy atom. The average molecular weight is 448 g/mol. The van der Waals surface area contributed by atoms with Crippen molar-refractivity contribution < 1.29 is 18.7 Å². The minimum Gasteiger partial charge on any atom is -0.458 e. The number of esters is 1. The van der Waals surface area contributed by atoms with E-state index in [1.807, 2.05) is 47.2 Å². The molecule has 170 valence electrons. The molecule has 0 aliphatic carbocycles. The van der Waals surface area contributed by atoms with Gasteiger partial charge in [-0.2, -0.15) is 0 Å². The third-order valence-corrected chi connectivity index (χ3v) is 5.30. The molecule has 6 nitrogen and oxygen atoms in total. The van der Waals surface area contributed by atoms with Crippen molar-refractivity contribution in [2.75, 3.05) is 6.54 Å². The predicted octanol–water partition coefficient (Wildman–Crippen LogP) is 4.50. The molecule has 0 aliphatic rings. The second-order valence-corrected chi connectivity index (χ2v) is 8.09. The SMILES string of the molecule is CC(C)OC(=O)c1cc2c(ccn2-c2ccc(F)cc2)n1CC(=O)NCCc1ccccc1. The van der Waals surface area contributed by atoms with Gasteiger partial charge in [-0.05, 0) is 62.2 Å². The number of hydrogen-bond donors (Lipinski definition) is 1. The number of amides is 1. The fraction of sp³-hybridized carbons (Fsp3) is 0.231. The van der Waals surface area contributed by atoms with Gasteiger partial charge in [-0.3, -0.25) is 4.79 Å². The van der Waals surface area contributed by atoms with E-state index >= 15 is 0 Å². The van der Waals surface area contributed by atoms with Crippen LogP contribution in [0.3, 0.4) is 0 Å². The Hall–Kier alpha value is -3.87. The molecule has 1 amide bonds. The summed E-state index contributed by atoms with van der Waals surface area (Å²) in [5, 5.41) is 2.93. The molecular formula is C26H26FN3O3. The summed E-state index contributed by atoms with van der Waals surface area (Å²) >= 11 is 0. The van der Waals surface area contributed by atoms with Crippen molar-refractivity contribution >= 4 is 22.9 Å². The third-order valence-electron chi connectivity index (χ3n) is 5.30. The summed E-state index contributed by atoms with van der Waals surface area (Å²) in [7, 11) is 0. The second-order valence-electron chi connectivity index (χ2n) is 8.09. The minimum atomic E-state index is -0.496. The van der Waals surface area contributed by atoms with Crippen molar-refractivity contribution in [3.63, 3.8) is 0 Å². The van der Waals surface area contributed by atoms with Gasteiger partial charge in [0, 0.05) is 18.4 Å². The summed E-state index contributed by atoms with van der Waals surface area (Å²) in [4.78, 5) is 25.5. The molecule has 2 aromatic heterocycles. The zero-order chi connectivity index (χ0) is 23.4. The number of nitrogens with zero attached hydrogens (tertiary/aromatic N) is 2. The number of hydrogen-bond acceptors (Lipinski definition) is 3. The van der Waals surface area contributed by atoms with Gasteiger partial charge in [0.15, 0.2) is 0 Å². The Morgan fingerprint density at radius 3 is 2.42 bits per heavy atom. The molecule has 1 N–H and O–H groups in total. The molecular weight excluding hydrogens is 421 g/mol. The lowest BCUT2D eigenvalue weighted by Crippen LogP contribution is -2.30. The number of aromatic nitrogens is 2. The fourth-order valence-corrected chi connectivity index (χ4v) is 3.77. The molecule has 2 heterocycles. The number of carbonyl (C=O) groups excluding carboxylic acids is 2. The largest absolute Gasteiger partial charge is 0.458 e. The van der Waals surface area contributed by atoms with E-state index in [0.29, 0.717) is 17.8 Å². The molecule has 0 aliphatic heterocycles. The summed E-state index contributed by atoms with van der Waals surface area (Å²) in [6, 6.07) is 19.5. The van der Waals surface area contributed by atoms with E-state index in [1.165, 1.54) is 12.1 Å². The lowest BCUT2D eigenvalue weighted by atomic mass is 10.1. The van der Waals surface area contributed by atoms with E-state index in [9.17, 15) is 14.0 Å². The molecule has 0 fully saturated rings. The van der Waals surface area contributed by atoms with E-state index in [1.54, 1.807) is 36.6 Å². The highest BCUT2D eigenvalue weighted by molar-refractivity contribution is 5.96.